The minimum atomic E-state index is -0.329. The van der Waals surface area contributed by atoms with Gasteiger partial charge in [0.25, 0.3) is 0 Å². The molecule has 14 heavy (non-hydrogen) atoms. The molecule has 0 spiro atoms. The van der Waals surface area contributed by atoms with Crippen LogP contribution in [0.4, 0.5) is 0 Å². The van der Waals surface area contributed by atoms with E-state index in [1.165, 1.54) is 0 Å². The Kier molecular flexibility index (Phi) is 3.78. The van der Waals surface area contributed by atoms with E-state index < -0.39 is 0 Å². The van der Waals surface area contributed by atoms with E-state index in [1.54, 1.807) is 0 Å². The maximum absolute atomic E-state index is 5.80. The van der Waals surface area contributed by atoms with Gasteiger partial charge in [0.15, 0.2) is 0 Å². The third kappa shape index (κ3) is 2.20. The molecule has 0 aliphatic carbocycles. The van der Waals surface area contributed by atoms with Crippen molar-refractivity contribution in [2.24, 2.45) is 0 Å². The summed E-state index contributed by atoms with van der Waals surface area (Å²) in [5.74, 6) is 0. The second-order valence-corrected chi connectivity index (χ2v) is 3.75. The molecule has 2 nitrogen and oxygen atoms in total. The first kappa shape index (κ1) is 11.8. The summed E-state index contributed by atoms with van der Waals surface area (Å²) < 4.78 is 5.61. The lowest BCUT2D eigenvalue weighted by Crippen LogP contribution is -2.34. The molecule has 0 aromatic heterocycles. The van der Waals surface area contributed by atoms with Crippen molar-refractivity contribution in [2.75, 3.05) is 13.2 Å². The second-order valence-electron chi connectivity index (χ2n) is 3.32. The SMILES string of the molecule is CC1(c2ccc(Cl)cc2)NCCO1.Cl. The Morgan fingerprint density at radius 3 is 2.50 bits per heavy atom. The molecule has 0 radical (unpaired) electrons. The molecule has 1 heterocycles. The maximum Gasteiger partial charge on any atom is 0.142 e. The molecule has 1 saturated heterocycles. The normalized spacial score (nSPS) is 25.9. The maximum atomic E-state index is 5.80. The van der Waals surface area contributed by atoms with Crippen molar-refractivity contribution < 1.29 is 4.74 Å². The van der Waals surface area contributed by atoms with E-state index in [0.29, 0.717) is 0 Å². The number of halogens is 2. The molecule has 0 amide bonds. The topological polar surface area (TPSA) is 21.3 Å². The van der Waals surface area contributed by atoms with Gasteiger partial charge < -0.3 is 4.74 Å². The van der Waals surface area contributed by atoms with Crippen molar-refractivity contribution in [3.63, 3.8) is 0 Å². The van der Waals surface area contributed by atoms with Gasteiger partial charge in [0.05, 0.1) is 6.61 Å². The fourth-order valence-corrected chi connectivity index (χ4v) is 1.68. The molecular weight excluding hydrogens is 221 g/mol. The molecule has 1 fully saturated rings. The van der Waals surface area contributed by atoms with Gasteiger partial charge in [-0.05, 0) is 24.6 Å². The summed E-state index contributed by atoms with van der Waals surface area (Å²) in [6.07, 6.45) is 0. The average Bonchev–Trinajstić information content (AvgIpc) is 2.54. The van der Waals surface area contributed by atoms with Gasteiger partial charge >= 0.3 is 0 Å². The molecule has 1 aromatic carbocycles. The van der Waals surface area contributed by atoms with Gasteiger partial charge in [0.2, 0.25) is 0 Å². The van der Waals surface area contributed by atoms with Crippen LogP contribution in [-0.4, -0.2) is 13.2 Å². The molecular formula is C10H13Cl2NO. The van der Waals surface area contributed by atoms with Crippen LogP contribution in [0, 0.1) is 0 Å². The molecule has 2 rings (SSSR count). The highest BCUT2D eigenvalue weighted by molar-refractivity contribution is 6.30. The Balaban J connectivity index is 0.000000980. The van der Waals surface area contributed by atoms with E-state index >= 15 is 0 Å². The second kappa shape index (κ2) is 4.49. The number of rotatable bonds is 1. The van der Waals surface area contributed by atoms with Crippen LogP contribution in [0.1, 0.15) is 12.5 Å². The fraction of sp³-hybridized carbons (Fsp3) is 0.400. The molecule has 4 heteroatoms. The highest BCUT2D eigenvalue weighted by atomic mass is 35.5. The summed E-state index contributed by atoms with van der Waals surface area (Å²) in [5.41, 5.74) is 0.791. The molecule has 78 valence electrons. The van der Waals surface area contributed by atoms with Crippen LogP contribution in [0.15, 0.2) is 24.3 Å². The smallest absolute Gasteiger partial charge is 0.142 e. The highest BCUT2D eigenvalue weighted by Crippen LogP contribution is 2.26. The van der Waals surface area contributed by atoms with Gasteiger partial charge in [0, 0.05) is 11.6 Å². The summed E-state index contributed by atoms with van der Waals surface area (Å²) >= 11 is 5.80. The Labute approximate surface area is 95.0 Å². The number of nitrogens with one attached hydrogen (secondary N) is 1. The lowest BCUT2D eigenvalue weighted by Gasteiger charge is -2.23. The first-order valence-electron chi connectivity index (χ1n) is 4.36. The monoisotopic (exact) mass is 233 g/mol. The lowest BCUT2D eigenvalue weighted by molar-refractivity contribution is 0.00248. The predicted octanol–water partition coefficient (Wildman–Crippen LogP) is 2.55. The Morgan fingerprint density at radius 1 is 1.36 bits per heavy atom. The summed E-state index contributed by atoms with van der Waals surface area (Å²) in [5, 5.41) is 4.06. The molecule has 1 atom stereocenters. The van der Waals surface area contributed by atoms with E-state index in [9.17, 15) is 0 Å². The van der Waals surface area contributed by atoms with E-state index in [-0.39, 0.29) is 18.1 Å². The van der Waals surface area contributed by atoms with Crippen LogP contribution in [-0.2, 0) is 10.5 Å². The average molecular weight is 234 g/mol. The summed E-state index contributed by atoms with van der Waals surface area (Å²) in [6.45, 7) is 3.70. The lowest BCUT2D eigenvalue weighted by atomic mass is 10.1. The van der Waals surface area contributed by atoms with Crippen molar-refractivity contribution in [3.8, 4) is 0 Å². The highest BCUT2D eigenvalue weighted by Gasteiger charge is 2.30. The van der Waals surface area contributed by atoms with E-state index in [1.807, 2.05) is 31.2 Å². The van der Waals surface area contributed by atoms with Gasteiger partial charge in [-0.1, -0.05) is 23.7 Å². The van der Waals surface area contributed by atoms with Crippen LogP contribution in [0.3, 0.4) is 0 Å². The zero-order valence-corrected chi connectivity index (χ0v) is 9.49. The molecule has 1 aliphatic rings. The number of hydrogen-bond donors (Lipinski definition) is 1. The van der Waals surface area contributed by atoms with Gasteiger partial charge in [0.1, 0.15) is 5.72 Å². The van der Waals surface area contributed by atoms with E-state index in [2.05, 4.69) is 5.32 Å². The first-order valence-corrected chi connectivity index (χ1v) is 4.73. The van der Waals surface area contributed by atoms with Gasteiger partial charge in [-0.25, -0.2) is 0 Å². The number of ether oxygens (including phenoxy) is 1. The standard InChI is InChI=1S/C10H12ClNO.ClH/c1-10(12-6-7-13-10)8-2-4-9(11)5-3-8;/h2-5,12H,6-7H2,1H3;1H. The van der Waals surface area contributed by atoms with Crippen molar-refractivity contribution in [2.45, 2.75) is 12.6 Å². The van der Waals surface area contributed by atoms with Gasteiger partial charge in [-0.2, -0.15) is 0 Å². The largest absolute Gasteiger partial charge is 0.355 e. The van der Waals surface area contributed by atoms with Gasteiger partial charge in [-0.3, -0.25) is 5.32 Å². The minimum absolute atomic E-state index is 0. The Hall–Kier alpha value is -0.280. The van der Waals surface area contributed by atoms with Crippen molar-refractivity contribution in [3.05, 3.63) is 34.9 Å². The van der Waals surface area contributed by atoms with Crippen molar-refractivity contribution >= 4 is 24.0 Å². The summed E-state index contributed by atoms with van der Waals surface area (Å²) in [7, 11) is 0. The molecule has 1 N–H and O–H groups in total. The third-order valence-corrected chi connectivity index (χ3v) is 2.60. The summed E-state index contributed by atoms with van der Waals surface area (Å²) in [6, 6.07) is 7.73. The quantitative estimate of drug-likeness (QED) is 0.806. The fourth-order valence-electron chi connectivity index (χ4n) is 1.55. The van der Waals surface area contributed by atoms with E-state index in [0.717, 1.165) is 23.7 Å². The first-order chi connectivity index (χ1) is 6.21. The zero-order chi connectivity index (χ0) is 9.31. The molecule has 0 saturated carbocycles. The molecule has 1 unspecified atom stereocenters. The zero-order valence-electron chi connectivity index (χ0n) is 7.92. The summed E-state index contributed by atoms with van der Waals surface area (Å²) in [4.78, 5) is 0. The number of benzene rings is 1. The van der Waals surface area contributed by atoms with Crippen LogP contribution >= 0.6 is 24.0 Å². The Morgan fingerprint density at radius 2 is 2.00 bits per heavy atom. The molecule has 1 aromatic rings. The van der Waals surface area contributed by atoms with Crippen LogP contribution in [0.5, 0.6) is 0 Å². The van der Waals surface area contributed by atoms with Crippen LogP contribution in [0.2, 0.25) is 5.02 Å². The Bertz CT molecular complexity index is 293. The third-order valence-electron chi connectivity index (χ3n) is 2.35. The van der Waals surface area contributed by atoms with Crippen LogP contribution in [0.25, 0.3) is 0 Å². The van der Waals surface area contributed by atoms with Crippen molar-refractivity contribution in [1.82, 2.24) is 5.32 Å². The van der Waals surface area contributed by atoms with Crippen LogP contribution < -0.4 is 5.32 Å². The van der Waals surface area contributed by atoms with Gasteiger partial charge in [-0.15, -0.1) is 12.4 Å². The molecule has 0 bridgehead atoms. The number of hydrogen-bond acceptors (Lipinski definition) is 2. The minimum Gasteiger partial charge on any atom is -0.355 e. The van der Waals surface area contributed by atoms with E-state index in [4.69, 9.17) is 16.3 Å². The van der Waals surface area contributed by atoms with Crippen molar-refractivity contribution in [1.29, 1.82) is 0 Å². The molecule has 1 aliphatic heterocycles. The predicted molar refractivity (Wildman–Crippen MR) is 60.0 cm³/mol.